The van der Waals surface area contributed by atoms with E-state index in [0.717, 1.165) is 60.7 Å². The van der Waals surface area contributed by atoms with Crippen LogP contribution in [0, 0.1) is 0 Å². The van der Waals surface area contributed by atoms with Crippen LogP contribution in [0.1, 0.15) is 0 Å². The maximum absolute atomic E-state index is 6.68. The smallest absolute Gasteiger partial charge is 0.164 e. The molecule has 0 atom stereocenters. The van der Waals surface area contributed by atoms with Gasteiger partial charge in [-0.05, 0) is 68.4 Å². The summed E-state index contributed by atoms with van der Waals surface area (Å²) in [5.74, 6) is 1.82. The van der Waals surface area contributed by atoms with Crippen molar-refractivity contribution in [1.82, 2.24) is 15.0 Å². The highest BCUT2D eigenvalue weighted by Gasteiger charge is 2.19. The fourth-order valence-electron chi connectivity index (χ4n) is 7.21. The van der Waals surface area contributed by atoms with Crippen LogP contribution in [0.3, 0.4) is 0 Å². The molecule has 0 fully saturated rings. The van der Waals surface area contributed by atoms with Crippen LogP contribution in [0.4, 0.5) is 0 Å². The first-order valence-corrected chi connectivity index (χ1v) is 17.8. The predicted octanol–water partition coefficient (Wildman–Crippen LogP) is 12.9. The SMILES string of the molecule is c1ccc(-c2ccc(-c3ccc(-c4cc(-c5nc(-c6ccccc6)nc(-c6ccccc6)n5)cc5oc6cc7ccccc7cc6c45)cc3)cc2)cc1. The van der Waals surface area contributed by atoms with Gasteiger partial charge in [-0.1, -0.05) is 164 Å². The Morgan fingerprint density at radius 3 is 1.25 bits per heavy atom. The highest BCUT2D eigenvalue weighted by Crippen LogP contribution is 2.42. The lowest BCUT2D eigenvalue weighted by Crippen LogP contribution is -2.00. The van der Waals surface area contributed by atoms with Crippen molar-refractivity contribution < 1.29 is 4.42 Å². The number of nitrogens with zero attached hydrogens (tertiary/aromatic N) is 3. The normalized spacial score (nSPS) is 11.4. The minimum Gasteiger partial charge on any atom is -0.456 e. The molecular formula is C49H31N3O. The van der Waals surface area contributed by atoms with E-state index in [4.69, 9.17) is 19.4 Å². The molecule has 8 aromatic carbocycles. The average molecular weight is 678 g/mol. The van der Waals surface area contributed by atoms with Crippen molar-refractivity contribution in [3.05, 3.63) is 188 Å². The topological polar surface area (TPSA) is 51.8 Å². The number of aromatic nitrogens is 3. The molecule has 0 unspecified atom stereocenters. The van der Waals surface area contributed by atoms with Gasteiger partial charge in [0.15, 0.2) is 17.5 Å². The minimum absolute atomic E-state index is 0.585. The Labute approximate surface area is 306 Å². The maximum atomic E-state index is 6.68. The van der Waals surface area contributed by atoms with Crippen LogP contribution in [0.5, 0.6) is 0 Å². The first kappa shape index (κ1) is 30.6. The molecule has 4 heteroatoms. The van der Waals surface area contributed by atoms with Crippen LogP contribution in [0.25, 0.3) is 100 Å². The second kappa shape index (κ2) is 12.9. The molecule has 2 heterocycles. The molecule has 53 heavy (non-hydrogen) atoms. The zero-order chi connectivity index (χ0) is 35.1. The highest BCUT2D eigenvalue weighted by atomic mass is 16.3. The maximum Gasteiger partial charge on any atom is 0.164 e. The summed E-state index contributed by atoms with van der Waals surface area (Å²) in [5, 5.41) is 4.45. The Kier molecular flexibility index (Phi) is 7.43. The third kappa shape index (κ3) is 5.73. The van der Waals surface area contributed by atoms with Gasteiger partial charge in [0.2, 0.25) is 0 Å². The molecule has 0 aliphatic heterocycles. The Morgan fingerprint density at radius 1 is 0.302 bits per heavy atom. The van der Waals surface area contributed by atoms with Crippen molar-refractivity contribution in [2.45, 2.75) is 0 Å². The molecule has 0 saturated heterocycles. The molecule has 0 amide bonds. The molecule has 248 valence electrons. The van der Waals surface area contributed by atoms with E-state index >= 15 is 0 Å². The van der Waals surface area contributed by atoms with Crippen LogP contribution < -0.4 is 0 Å². The van der Waals surface area contributed by atoms with Crippen LogP contribution in [0.2, 0.25) is 0 Å². The van der Waals surface area contributed by atoms with E-state index < -0.39 is 0 Å². The molecule has 4 nitrogen and oxygen atoms in total. The van der Waals surface area contributed by atoms with Gasteiger partial charge in [-0.25, -0.2) is 15.0 Å². The summed E-state index contributed by atoms with van der Waals surface area (Å²) in [6.45, 7) is 0. The highest BCUT2D eigenvalue weighted by molar-refractivity contribution is 6.16. The molecule has 0 bridgehead atoms. The van der Waals surface area contributed by atoms with Crippen molar-refractivity contribution in [1.29, 1.82) is 0 Å². The van der Waals surface area contributed by atoms with Crippen LogP contribution in [-0.4, -0.2) is 15.0 Å². The van der Waals surface area contributed by atoms with Crippen LogP contribution >= 0.6 is 0 Å². The molecular weight excluding hydrogens is 647 g/mol. The van der Waals surface area contributed by atoms with Gasteiger partial charge in [0.25, 0.3) is 0 Å². The second-order valence-corrected chi connectivity index (χ2v) is 13.3. The molecule has 0 N–H and O–H groups in total. The van der Waals surface area contributed by atoms with E-state index in [9.17, 15) is 0 Å². The van der Waals surface area contributed by atoms with Gasteiger partial charge in [-0.2, -0.15) is 0 Å². The number of rotatable bonds is 6. The Hall–Kier alpha value is -7.17. The lowest BCUT2D eigenvalue weighted by atomic mass is 9.94. The van der Waals surface area contributed by atoms with Crippen molar-refractivity contribution in [2.24, 2.45) is 0 Å². The number of hydrogen-bond donors (Lipinski definition) is 0. The summed E-state index contributed by atoms with van der Waals surface area (Å²) in [5.41, 5.74) is 11.2. The van der Waals surface area contributed by atoms with Crippen molar-refractivity contribution >= 4 is 32.7 Å². The summed E-state index contributed by atoms with van der Waals surface area (Å²) in [7, 11) is 0. The summed E-state index contributed by atoms with van der Waals surface area (Å²) >= 11 is 0. The fraction of sp³-hybridized carbons (Fsp3) is 0. The molecule has 0 saturated carbocycles. The largest absolute Gasteiger partial charge is 0.456 e. The van der Waals surface area contributed by atoms with Crippen molar-refractivity contribution in [3.63, 3.8) is 0 Å². The van der Waals surface area contributed by atoms with Crippen molar-refractivity contribution in [2.75, 3.05) is 0 Å². The van der Waals surface area contributed by atoms with Gasteiger partial charge in [0, 0.05) is 27.5 Å². The quantitative estimate of drug-likeness (QED) is 0.176. The molecule has 10 aromatic rings. The van der Waals surface area contributed by atoms with Gasteiger partial charge < -0.3 is 4.42 Å². The molecule has 10 rings (SSSR count). The second-order valence-electron chi connectivity index (χ2n) is 13.3. The Bertz CT molecular complexity index is 2840. The zero-order valence-electron chi connectivity index (χ0n) is 28.6. The van der Waals surface area contributed by atoms with Crippen molar-refractivity contribution in [3.8, 4) is 67.5 Å². The molecule has 0 radical (unpaired) electrons. The van der Waals surface area contributed by atoms with E-state index in [2.05, 4.69) is 121 Å². The summed E-state index contributed by atoms with van der Waals surface area (Å²) in [4.78, 5) is 15.0. The monoisotopic (exact) mass is 677 g/mol. The zero-order valence-corrected chi connectivity index (χ0v) is 28.6. The standard InChI is InChI=1S/C49H31N3O/c1-4-12-32(13-5-1)33-20-22-34(23-21-33)35-24-26-36(27-25-35)42-29-41(31-45-46(42)43-28-39-18-10-11-19-40(39)30-44(43)53-45)49-51-47(37-14-6-2-7-15-37)50-48(52-49)38-16-8-3-9-17-38/h1-31H. The number of fused-ring (bicyclic) bond motifs is 4. The lowest BCUT2D eigenvalue weighted by Gasteiger charge is -2.11. The predicted molar refractivity (Wildman–Crippen MR) is 217 cm³/mol. The van der Waals surface area contributed by atoms with E-state index in [1.165, 1.54) is 22.1 Å². The molecule has 0 aliphatic carbocycles. The average Bonchev–Trinajstić information content (AvgIpc) is 3.60. The first-order chi connectivity index (χ1) is 26.2. The summed E-state index contributed by atoms with van der Waals surface area (Å²) < 4.78 is 6.68. The van der Waals surface area contributed by atoms with Crippen LogP contribution in [0.15, 0.2) is 192 Å². The summed E-state index contributed by atoms with van der Waals surface area (Å²) in [6.07, 6.45) is 0. The molecule has 2 aromatic heterocycles. The number of hydrogen-bond acceptors (Lipinski definition) is 4. The number of furan rings is 1. The van der Waals surface area contributed by atoms with Gasteiger partial charge in [-0.15, -0.1) is 0 Å². The Morgan fingerprint density at radius 2 is 0.717 bits per heavy atom. The molecule has 0 aliphatic rings. The van der Waals surface area contributed by atoms with Gasteiger partial charge in [-0.3, -0.25) is 0 Å². The first-order valence-electron chi connectivity index (χ1n) is 17.8. The molecule has 0 spiro atoms. The third-order valence-corrected chi connectivity index (χ3v) is 9.92. The summed E-state index contributed by atoms with van der Waals surface area (Å²) in [6, 6.07) is 65.3. The van der Waals surface area contributed by atoms with Gasteiger partial charge in [0.1, 0.15) is 11.2 Å². The minimum atomic E-state index is 0.585. The number of benzene rings is 8. The van der Waals surface area contributed by atoms with E-state index in [1.807, 2.05) is 66.7 Å². The van der Waals surface area contributed by atoms with E-state index in [-0.39, 0.29) is 0 Å². The van der Waals surface area contributed by atoms with Gasteiger partial charge >= 0.3 is 0 Å². The van der Waals surface area contributed by atoms with Gasteiger partial charge in [0.05, 0.1) is 0 Å². The van der Waals surface area contributed by atoms with E-state index in [1.54, 1.807) is 0 Å². The fourth-order valence-corrected chi connectivity index (χ4v) is 7.21. The Balaban J connectivity index is 1.15. The third-order valence-electron chi connectivity index (χ3n) is 9.92. The van der Waals surface area contributed by atoms with E-state index in [0.29, 0.717) is 17.5 Å². The lowest BCUT2D eigenvalue weighted by molar-refractivity contribution is 0.669. The van der Waals surface area contributed by atoms with Crippen LogP contribution in [-0.2, 0) is 0 Å².